The lowest BCUT2D eigenvalue weighted by molar-refractivity contribution is 0.463. The van der Waals surface area contributed by atoms with Crippen molar-refractivity contribution in [2.24, 2.45) is 0 Å². The third-order valence-corrected chi connectivity index (χ3v) is 6.77. The van der Waals surface area contributed by atoms with Crippen LogP contribution < -0.4 is 0 Å². The highest BCUT2D eigenvalue weighted by Gasteiger charge is 2.20. The molecule has 2 atom stereocenters. The molecule has 0 saturated carbocycles. The van der Waals surface area contributed by atoms with Crippen molar-refractivity contribution in [3.8, 4) is 0 Å². The molecule has 0 bridgehead atoms. The van der Waals surface area contributed by atoms with Gasteiger partial charge in [0.1, 0.15) is 5.52 Å². The number of aromatic nitrogens is 1. The second-order valence-electron chi connectivity index (χ2n) is 6.12. The van der Waals surface area contributed by atoms with Gasteiger partial charge in [-0.1, -0.05) is 0 Å². The maximum atomic E-state index is 11.2. The summed E-state index contributed by atoms with van der Waals surface area (Å²) in [6, 6.07) is 3.45. The Bertz CT molecular complexity index is 871. The second-order valence-corrected chi connectivity index (χ2v) is 9.79. The Kier molecular flexibility index (Phi) is 5.87. The van der Waals surface area contributed by atoms with Crippen LogP contribution in [-0.4, -0.2) is 41.4 Å². The number of hydrogen-bond donors (Lipinski definition) is 2. The van der Waals surface area contributed by atoms with Crippen molar-refractivity contribution in [2.75, 3.05) is 0 Å². The first kappa shape index (κ1) is 19.8. The highest BCUT2D eigenvalue weighted by Crippen LogP contribution is 2.24. The molecule has 0 amide bonds. The van der Waals surface area contributed by atoms with E-state index in [0.717, 1.165) is 11.1 Å². The first-order chi connectivity index (χ1) is 11.5. The average molecular weight is 390 g/mol. The van der Waals surface area contributed by atoms with Crippen LogP contribution >= 0.6 is 0 Å². The van der Waals surface area contributed by atoms with Crippen LogP contribution in [0.15, 0.2) is 16.5 Å². The van der Waals surface area contributed by atoms with Crippen molar-refractivity contribution in [1.29, 1.82) is 0 Å². The Hall–Kier alpha value is -1.49. The second kappa shape index (κ2) is 7.40. The first-order valence-corrected chi connectivity index (χ1v) is 10.7. The van der Waals surface area contributed by atoms with E-state index in [9.17, 15) is 16.8 Å². The van der Waals surface area contributed by atoms with Gasteiger partial charge >= 0.3 is 0 Å². The van der Waals surface area contributed by atoms with Crippen LogP contribution in [0.3, 0.4) is 0 Å². The Balaban J connectivity index is 2.24. The molecule has 0 spiro atoms. The lowest BCUT2D eigenvalue weighted by Crippen LogP contribution is -2.18. The zero-order valence-corrected chi connectivity index (χ0v) is 15.5. The molecular formula is C15H20NO7S2. The molecule has 2 rings (SSSR count). The van der Waals surface area contributed by atoms with E-state index >= 15 is 0 Å². The van der Waals surface area contributed by atoms with Crippen LogP contribution in [0, 0.1) is 6.39 Å². The van der Waals surface area contributed by atoms with Crippen molar-refractivity contribution >= 4 is 31.3 Å². The molecule has 8 nitrogen and oxygen atoms in total. The predicted octanol–water partition coefficient (Wildman–Crippen LogP) is 2.05. The van der Waals surface area contributed by atoms with Crippen molar-refractivity contribution < 1.29 is 30.4 Å². The van der Waals surface area contributed by atoms with Crippen LogP contribution in [0.5, 0.6) is 0 Å². The molecule has 139 valence electrons. The molecule has 0 aliphatic rings. The molecule has 1 heterocycles. The minimum Gasteiger partial charge on any atom is -0.432 e. The molecule has 1 radical (unpaired) electrons. The third kappa shape index (κ3) is 5.24. The number of nitrogens with zero attached hydrogens (tertiary/aromatic N) is 1. The Labute approximate surface area is 146 Å². The molecule has 2 N–H and O–H groups in total. The maximum absolute atomic E-state index is 11.2. The van der Waals surface area contributed by atoms with Crippen molar-refractivity contribution in [3.05, 3.63) is 29.7 Å². The van der Waals surface area contributed by atoms with Gasteiger partial charge in [0.2, 0.25) is 0 Å². The van der Waals surface area contributed by atoms with Gasteiger partial charge in [0.15, 0.2) is 5.58 Å². The molecule has 10 heteroatoms. The number of benzene rings is 1. The summed E-state index contributed by atoms with van der Waals surface area (Å²) in [4.78, 5) is 3.94. The highest BCUT2D eigenvalue weighted by molar-refractivity contribution is 7.86. The Morgan fingerprint density at radius 2 is 1.48 bits per heavy atom. The van der Waals surface area contributed by atoms with Gasteiger partial charge in [0.25, 0.3) is 26.6 Å². The zero-order valence-electron chi connectivity index (χ0n) is 13.8. The van der Waals surface area contributed by atoms with E-state index in [1.165, 1.54) is 13.8 Å². The summed E-state index contributed by atoms with van der Waals surface area (Å²) in [5, 5.41) is -1.84. The van der Waals surface area contributed by atoms with Gasteiger partial charge in [-0.15, -0.1) is 0 Å². The summed E-state index contributed by atoms with van der Waals surface area (Å²) in [7, 11) is -8.23. The molecule has 0 fully saturated rings. The minimum absolute atomic E-state index is 0.197. The molecular weight excluding hydrogens is 370 g/mol. The smallest absolute Gasteiger partial charge is 0.284 e. The van der Waals surface area contributed by atoms with Gasteiger partial charge < -0.3 is 4.42 Å². The fraction of sp³-hybridized carbons (Fsp3) is 0.533. The molecule has 25 heavy (non-hydrogen) atoms. The van der Waals surface area contributed by atoms with Crippen molar-refractivity contribution in [1.82, 2.24) is 4.98 Å². The minimum atomic E-state index is -4.12. The van der Waals surface area contributed by atoms with Gasteiger partial charge in [-0.2, -0.15) is 16.8 Å². The number of aryl methyl sites for hydroxylation is 2. The largest absolute Gasteiger partial charge is 0.432 e. The molecule has 0 saturated heterocycles. The SMILES string of the molecule is CC(CCc1cc2n[c]oc2cc1CCC(C)S(=O)(=O)O)S(=O)(=O)O. The quantitative estimate of drug-likeness (QED) is 0.654. The summed E-state index contributed by atoms with van der Waals surface area (Å²) in [6.45, 7) is 2.83. The van der Waals surface area contributed by atoms with Crippen molar-refractivity contribution in [2.45, 2.75) is 50.0 Å². The fourth-order valence-corrected chi connectivity index (χ4v) is 3.26. The molecule has 1 aromatic heterocycles. The normalized spacial score (nSPS) is 15.4. The summed E-state index contributed by atoms with van der Waals surface area (Å²) < 4.78 is 67.9. The van der Waals surface area contributed by atoms with Crippen LogP contribution in [-0.2, 0) is 33.1 Å². The summed E-state index contributed by atoms with van der Waals surface area (Å²) in [5.74, 6) is 0. The van der Waals surface area contributed by atoms with Crippen LogP contribution in [0.25, 0.3) is 11.1 Å². The fourth-order valence-electron chi connectivity index (χ4n) is 2.42. The first-order valence-electron chi connectivity index (χ1n) is 7.69. The van der Waals surface area contributed by atoms with E-state index in [1.54, 1.807) is 12.1 Å². The number of fused-ring (bicyclic) bond motifs is 1. The lowest BCUT2D eigenvalue weighted by atomic mass is 9.97. The van der Waals surface area contributed by atoms with Gasteiger partial charge in [-0.3, -0.25) is 9.11 Å². The third-order valence-electron chi connectivity index (χ3n) is 4.26. The van der Waals surface area contributed by atoms with E-state index < -0.39 is 30.7 Å². The number of hydrogen-bond acceptors (Lipinski definition) is 6. The molecule has 0 aliphatic heterocycles. The average Bonchev–Trinajstić information content (AvgIpc) is 2.94. The summed E-state index contributed by atoms with van der Waals surface area (Å²) >= 11 is 0. The van der Waals surface area contributed by atoms with Gasteiger partial charge in [-0.25, -0.2) is 4.98 Å². The van der Waals surface area contributed by atoms with E-state index in [1.807, 2.05) is 0 Å². The van der Waals surface area contributed by atoms with Crippen LogP contribution in [0.2, 0.25) is 0 Å². The van der Waals surface area contributed by atoms with Gasteiger partial charge in [0.05, 0.1) is 10.5 Å². The van der Waals surface area contributed by atoms with Crippen LogP contribution in [0.1, 0.15) is 37.8 Å². The molecule has 0 aliphatic carbocycles. The monoisotopic (exact) mass is 390 g/mol. The topological polar surface area (TPSA) is 135 Å². The number of rotatable bonds is 8. The maximum Gasteiger partial charge on any atom is 0.284 e. The highest BCUT2D eigenvalue weighted by atomic mass is 32.2. The van der Waals surface area contributed by atoms with E-state index in [0.29, 0.717) is 23.9 Å². The standard InChI is InChI=1S/C15H20NO7S2/c1-10(24(17,18)19)3-5-12-7-14-15(23-9-16-14)8-13(12)6-4-11(2)25(20,21)22/h7-8,10-11H,3-6H2,1-2H3,(H,17,18,19)(H,20,21,22). The Morgan fingerprint density at radius 3 is 1.96 bits per heavy atom. The van der Waals surface area contributed by atoms with E-state index in [2.05, 4.69) is 11.4 Å². The van der Waals surface area contributed by atoms with Gasteiger partial charge in [-0.05, 0) is 62.8 Å². The number of oxazole rings is 1. The van der Waals surface area contributed by atoms with Gasteiger partial charge in [0, 0.05) is 0 Å². The van der Waals surface area contributed by atoms with Crippen LogP contribution in [0.4, 0.5) is 0 Å². The van der Waals surface area contributed by atoms with Crippen molar-refractivity contribution in [3.63, 3.8) is 0 Å². The summed E-state index contributed by atoms with van der Waals surface area (Å²) in [5.41, 5.74) is 2.60. The molecule has 2 aromatic rings. The molecule has 2 unspecified atom stereocenters. The van der Waals surface area contributed by atoms with E-state index in [-0.39, 0.29) is 12.8 Å². The summed E-state index contributed by atoms with van der Waals surface area (Å²) in [6.07, 6.45) is 3.49. The Morgan fingerprint density at radius 1 is 1.00 bits per heavy atom. The molecule has 1 aromatic carbocycles. The predicted molar refractivity (Wildman–Crippen MR) is 91.5 cm³/mol. The zero-order chi connectivity index (χ0) is 18.8. The lowest BCUT2D eigenvalue weighted by Gasteiger charge is -2.13. The van der Waals surface area contributed by atoms with E-state index in [4.69, 9.17) is 13.5 Å².